The van der Waals surface area contributed by atoms with Crippen molar-refractivity contribution in [3.63, 3.8) is 0 Å². The Morgan fingerprint density at radius 2 is 1.79 bits per heavy atom. The Labute approximate surface area is 110 Å². The standard InChI is InChI=1S/C14H17F3O2/c1-8(4-12(18)19)7-14(16,17)13-9(2)5-11(15)6-10(13)3/h5-6,8H,4,7H2,1-3H3,(H,18,19). The van der Waals surface area contributed by atoms with Gasteiger partial charge >= 0.3 is 5.97 Å². The lowest BCUT2D eigenvalue weighted by Crippen LogP contribution is -2.21. The van der Waals surface area contributed by atoms with Gasteiger partial charge in [0.25, 0.3) is 5.92 Å². The first-order chi connectivity index (χ1) is 8.63. The molecule has 1 unspecified atom stereocenters. The minimum Gasteiger partial charge on any atom is -0.481 e. The van der Waals surface area contributed by atoms with Gasteiger partial charge in [-0.15, -0.1) is 0 Å². The molecule has 1 atom stereocenters. The van der Waals surface area contributed by atoms with Crippen LogP contribution in [0.15, 0.2) is 12.1 Å². The summed E-state index contributed by atoms with van der Waals surface area (Å²) in [5.74, 6) is -5.46. The molecule has 0 fully saturated rings. The first-order valence-corrected chi connectivity index (χ1v) is 6.00. The highest BCUT2D eigenvalue weighted by Crippen LogP contribution is 2.39. The summed E-state index contributed by atoms with van der Waals surface area (Å²) in [6, 6.07) is 2.14. The van der Waals surface area contributed by atoms with Crippen LogP contribution in [-0.2, 0) is 10.7 Å². The second-order valence-electron chi connectivity index (χ2n) is 5.03. The maximum atomic E-state index is 14.2. The molecule has 1 rings (SSSR count). The highest BCUT2D eigenvalue weighted by atomic mass is 19.3. The highest BCUT2D eigenvalue weighted by Gasteiger charge is 2.36. The van der Waals surface area contributed by atoms with Crippen LogP contribution in [0.25, 0.3) is 0 Å². The molecule has 106 valence electrons. The van der Waals surface area contributed by atoms with E-state index in [1.54, 1.807) is 0 Å². The summed E-state index contributed by atoms with van der Waals surface area (Å²) >= 11 is 0. The molecule has 2 nitrogen and oxygen atoms in total. The molecule has 0 aromatic heterocycles. The van der Waals surface area contributed by atoms with Crippen LogP contribution in [0, 0.1) is 25.6 Å². The molecule has 0 radical (unpaired) electrons. The van der Waals surface area contributed by atoms with Gasteiger partial charge in [0.05, 0.1) is 0 Å². The molecule has 0 aliphatic heterocycles. The minimum atomic E-state index is -3.16. The summed E-state index contributed by atoms with van der Waals surface area (Å²) in [6.07, 6.45) is -0.874. The minimum absolute atomic E-state index is 0.185. The van der Waals surface area contributed by atoms with Crippen LogP contribution in [0.4, 0.5) is 13.2 Å². The molecule has 0 bridgehead atoms. The van der Waals surface area contributed by atoms with Gasteiger partial charge in [0, 0.05) is 18.4 Å². The molecule has 0 spiro atoms. The zero-order valence-corrected chi connectivity index (χ0v) is 11.1. The van der Waals surface area contributed by atoms with Gasteiger partial charge in [-0.3, -0.25) is 4.79 Å². The average molecular weight is 274 g/mol. The zero-order chi connectivity index (χ0) is 14.8. The molecule has 0 heterocycles. The number of halogens is 3. The van der Waals surface area contributed by atoms with Crippen molar-refractivity contribution in [3.05, 3.63) is 34.6 Å². The second kappa shape index (κ2) is 5.63. The number of carboxylic acids is 1. The maximum absolute atomic E-state index is 14.2. The van der Waals surface area contributed by atoms with E-state index in [9.17, 15) is 18.0 Å². The van der Waals surface area contributed by atoms with E-state index < -0.39 is 30.0 Å². The number of alkyl halides is 2. The summed E-state index contributed by atoms with van der Waals surface area (Å²) < 4.78 is 41.5. The molecule has 1 N–H and O–H groups in total. The lowest BCUT2D eigenvalue weighted by atomic mass is 9.90. The van der Waals surface area contributed by atoms with Crippen LogP contribution in [0.3, 0.4) is 0 Å². The maximum Gasteiger partial charge on any atom is 0.303 e. The number of benzene rings is 1. The van der Waals surface area contributed by atoms with E-state index in [1.807, 2.05) is 0 Å². The molecule has 0 aliphatic carbocycles. The predicted molar refractivity (Wildman–Crippen MR) is 65.8 cm³/mol. The van der Waals surface area contributed by atoms with Crippen LogP contribution in [-0.4, -0.2) is 11.1 Å². The van der Waals surface area contributed by atoms with E-state index >= 15 is 0 Å². The number of rotatable bonds is 5. The molecule has 0 aliphatic rings. The molecular formula is C14H17F3O2. The molecule has 1 aromatic rings. The number of carboxylic acid groups (broad SMARTS) is 1. The third-order valence-electron chi connectivity index (χ3n) is 2.99. The fourth-order valence-electron chi connectivity index (χ4n) is 2.40. The quantitative estimate of drug-likeness (QED) is 0.880. The normalized spacial score (nSPS) is 13.4. The Balaban J connectivity index is 3.03. The fourth-order valence-corrected chi connectivity index (χ4v) is 2.40. The van der Waals surface area contributed by atoms with Crippen LogP contribution < -0.4 is 0 Å². The molecular weight excluding hydrogens is 257 g/mol. The van der Waals surface area contributed by atoms with Crippen molar-refractivity contribution in [1.29, 1.82) is 0 Å². The van der Waals surface area contributed by atoms with Crippen molar-refractivity contribution in [3.8, 4) is 0 Å². The summed E-state index contributed by atoms with van der Waals surface area (Å²) in [5, 5.41) is 8.60. The first kappa shape index (κ1) is 15.5. The van der Waals surface area contributed by atoms with Crippen molar-refractivity contribution in [1.82, 2.24) is 0 Å². The van der Waals surface area contributed by atoms with Gasteiger partial charge in [0.15, 0.2) is 0 Å². The summed E-state index contributed by atoms with van der Waals surface area (Å²) in [7, 11) is 0. The van der Waals surface area contributed by atoms with Gasteiger partial charge < -0.3 is 5.11 Å². The van der Waals surface area contributed by atoms with Gasteiger partial charge in [-0.25, -0.2) is 13.2 Å². The molecule has 0 saturated carbocycles. The van der Waals surface area contributed by atoms with Crippen LogP contribution in [0.2, 0.25) is 0 Å². The predicted octanol–water partition coefficient (Wildman–Crippen LogP) is 4.04. The third kappa shape index (κ3) is 3.98. The van der Waals surface area contributed by atoms with Gasteiger partial charge in [0.1, 0.15) is 5.82 Å². The first-order valence-electron chi connectivity index (χ1n) is 6.00. The molecule has 1 aromatic carbocycles. The van der Waals surface area contributed by atoms with Crippen molar-refractivity contribution in [2.75, 3.05) is 0 Å². The number of carbonyl (C=O) groups is 1. The van der Waals surface area contributed by atoms with Crippen LogP contribution in [0.5, 0.6) is 0 Å². The Morgan fingerprint density at radius 3 is 2.21 bits per heavy atom. The lowest BCUT2D eigenvalue weighted by molar-refractivity contribution is -0.138. The lowest BCUT2D eigenvalue weighted by Gasteiger charge is -2.23. The van der Waals surface area contributed by atoms with E-state index in [0.717, 1.165) is 12.1 Å². The fraction of sp³-hybridized carbons (Fsp3) is 0.500. The van der Waals surface area contributed by atoms with Crippen molar-refractivity contribution < 1.29 is 23.1 Å². The van der Waals surface area contributed by atoms with E-state index in [1.165, 1.54) is 20.8 Å². The molecule has 0 saturated heterocycles. The molecule has 0 amide bonds. The van der Waals surface area contributed by atoms with Crippen LogP contribution in [0.1, 0.15) is 36.5 Å². The van der Waals surface area contributed by atoms with E-state index in [-0.39, 0.29) is 23.1 Å². The summed E-state index contributed by atoms with van der Waals surface area (Å²) in [4.78, 5) is 10.5. The van der Waals surface area contributed by atoms with Crippen molar-refractivity contribution in [2.24, 2.45) is 5.92 Å². The Morgan fingerprint density at radius 1 is 1.32 bits per heavy atom. The Hall–Kier alpha value is -1.52. The van der Waals surface area contributed by atoms with E-state index in [4.69, 9.17) is 5.11 Å². The van der Waals surface area contributed by atoms with E-state index in [2.05, 4.69) is 0 Å². The Kier molecular flexibility index (Phi) is 4.61. The monoisotopic (exact) mass is 274 g/mol. The number of hydrogen-bond donors (Lipinski definition) is 1. The largest absolute Gasteiger partial charge is 0.481 e. The topological polar surface area (TPSA) is 37.3 Å². The number of aliphatic carboxylic acids is 1. The summed E-state index contributed by atoms with van der Waals surface area (Å²) in [5.41, 5.74) is 0.168. The zero-order valence-electron chi connectivity index (χ0n) is 11.1. The smallest absolute Gasteiger partial charge is 0.303 e. The number of aryl methyl sites for hydroxylation is 2. The SMILES string of the molecule is Cc1cc(F)cc(C)c1C(F)(F)CC(C)CC(=O)O. The molecule has 5 heteroatoms. The molecule has 19 heavy (non-hydrogen) atoms. The third-order valence-corrected chi connectivity index (χ3v) is 2.99. The second-order valence-corrected chi connectivity index (χ2v) is 5.03. The van der Waals surface area contributed by atoms with E-state index in [0.29, 0.717) is 0 Å². The highest BCUT2D eigenvalue weighted by molar-refractivity contribution is 5.66. The van der Waals surface area contributed by atoms with Gasteiger partial charge in [-0.1, -0.05) is 6.92 Å². The van der Waals surface area contributed by atoms with Crippen molar-refractivity contribution in [2.45, 2.75) is 39.5 Å². The van der Waals surface area contributed by atoms with Crippen molar-refractivity contribution >= 4 is 5.97 Å². The average Bonchev–Trinajstić information content (AvgIpc) is 2.10. The Bertz CT molecular complexity index is 461. The van der Waals surface area contributed by atoms with Gasteiger partial charge in [-0.2, -0.15) is 0 Å². The van der Waals surface area contributed by atoms with Gasteiger partial charge in [-0.05, 0) is 43.0 Å². The van der Waals surface area contributed by atoms with Gasteiger partial charge in [0.2, 0.25) is 0 Å². The van der Waals surface area contributed by atoms with Crippen LogP contribution >= 0.6 is 0 Å². The summed E-state index contributed by atoms with van der Waals surface area (Å²) in [6.45, 7) is 4.33. The number of hydrogen-bond acceptors (Lipinski definition) is 1.